The molecule has 2 N–H and O–H groups in total. The summed E-state index contributed by atoms with van der Waals surface area (Å²) in [6, 6.07) is 4.59. The molecule has 14 heavy (non-hydrogen) atoms. The standard InChI is InChI=1S/C13H21N/c1-8(2)13(14)12-10(4)6-9(3)7-11(12)5/h6-8,13H,14H2,1-5H3/t13-/m0/s1. The molecule has 78 valence electrons. The Hall–Kier alpha value is -0.820. The highest BCUT2D eigenvalue weighted by atomic mass is 14.6. The molecule has 1 atom stereocenters. The van der Waals surface area contributed by atoms with Crippen LogP contribution < -0.4 is 5.73 Å². The number of aryl methyl sites for hydroxylation is 3. The molecule has 0 spiro atoms. The second-order valence-corrected chi connectivity index (χ2v) is 4.58. The maximum Gasteiger partial charge on any atom is 0.0323 e. The van der Waals surface area contributed by atoms with Crippen molar-refractivity contribution in [1.82, 2.24) is 0 Å². The van der Waals surface area contributed by atoms with Crippen LogP contribution in [0.5, 0.6) is 0 Å². The third-order valence-corrected chi connectivity index (χ3v) is 2.79. The molecule has 1 heteroatoms. The molecule has 0 amide bonds. The number of rotatable bonds is 2. The molecule has 1 rings (SSSR count). The first-order valence-electron chi connectivity index (χ1n) is 5.26. The lowest BCUT2D eigenvalue weighted by Crippen LogP contribution is -2.19. The Morgan fingerprint density at radius 1 is 1.00 bits per heavy atom. The van der Waals surface area contributed by atoms with Crippen molar-refractivity contribution in [3.05, 3.63) is 34.4 Å². The van der Waals surface area contributed by atoms with E-state index in [0.29, 0.717) is 5.92 Å². The van der Waals surface area contributed by atoms with Gasteiger partial charge in [0, 0.05) is 6.04 Å². The fourth-order valence-corrected chi connectivity index (χ4v) is 2.05. The van der Waals surface area contributed by atoms with Gasteiger partial charge in [-0.05, 0) is 43.4 Å². The zero-order chi connectivity index (χ0) is 10.9. The van der Waals surface area contributed by atoms with Crippen LogP contribution in [0.1, 0.15) is 42.1 Å². The van der Waals surface area contributed by atoms with E-state index in [1.807, 2.05) is 0 Å². The smallest absolute Gasteiger partial charge is 0.0323 e. The van der Waals surface area contributed by atoms with Crippen LogP contribution in [0.25, 0.3) is 0 Å². The highest BCUT2D eigenvalue weighted by Gasteiger charge is 2.15. The fourth-order valence-electron chi connectivity index (χ4n) is 2.05. The van der Waals surface area contributed by atoms with Crippen LogP contribution in [0, 0.1) is 26.7 Å². The van der Waals surface area contributed by atoms with Crippen LogP contribution in [0.3, 0.4) is 0 Å². The lowest BCUT2D eigenvalue weighted by Gasteiger charge is -2.21. The van der Waals surface area contributed by atoms with Gasteiger partial charge in [-0.15, -0.1) is 0 Å². The molecule has 0 saturated carbocycles. The second-order valence-electron chi connectivity index (χ2n) is 4.58. The van der Waals surface area contributed by atoms with Crippen LogP contribution in [0.2, 0.25) is 0 Å². The van der Waals surface area contributed by atoms with Crippen LogP contribution in [-0.4, -0.2) is 0 Å². The van der Waals surface area contributed by atoms with Crippen LogP contribution in [0.4, 0.5) is 0 Å². The van der Waals surface area contributed by atoms with Crippen LogP contribution >= 0.6 is 0 Å². The van der Waals surface area contributed by atoms with E-state index >= 15 is 0 Å². The monoisotopic (exact) mass is 191 g/mol. The van der Waals surface area contributed by atoms with Crippen molar-refractivity contribution in [2.75, 3.05) is 0 Å². The zero-order valence-corrected chi connectivity index (χ0v) is 9.89. The van der Waals surface area contributed by atoms with Gasteiger partial charge in [0.1, 0.15) is 0 Å². The first-order valence-corrected chi connectivity index (χ1v) is 5.26. The Morgan fingerprint density at radius 2 is 1.43 bits per heavy atom. The van der Waals surface area contributed by atoms with E-state index in [1.54, 1.807) is 0 Å². The molecule has 0 fully saturated rings. The summed E-state index contributed by atoms with van der Waals surface area (Å²) in [5, 5.41) is 0. The largest absolute Gasteiger partial charge is 0.324 e. The van der Waals surface area contributed by atoms with Crippen LogP contribution in [-0.2, 0) is 0 Å². The third-order valence-electron chi connectivity index (χ3n) is 2.79. The first-order chi connectivity index (χ1) is 6.43. The first kappa shape index (κ1) is 11.3. The summed E-state index contributed by atoms with van der Waals surface area (Å²) >= 11 is 0. The van der Waals surface area contributed by atoms with Crippen molar-refractivity contribution in [2.45, 2.75) is 40.7 Å². The van der Waals surface area contributed by atoms with E-state index in [2.05, 4.69) is 46.8 Å². The van der Waals surface area contributed by atoms with E-state index in [0.717, 1.165) is 0 Å². The van der Waals surface area contributed by atoms with E-state index < -0.39 is 0 Å². The molecule has 0 aliphatic heterocycles. The minimum atomic E-state index is 0.163. The Balaban J connectivity index is 3.20. The summed E-state index contributed by atoms with van der Waals surface area (Å²) in [5.74, 6) is 0.495. The number of benzene rings is 1. The number of nitrogens with two attached hydrogens (primary N) is 1. The Morgan fingerprint density at radius 3 is 1.79 bits per heavy atom. The SMILES string of the molecule is Cc1cc(C)c([C@@H](N)C(C)C)c(C)c1. The van der Waals surface area contributed by atoms with Gasteiger partial charge < -0.3 is 5.73 Å². The Labute approximate surface area is 87.3 Å². The van der Waals surface area contributed by atoms with Gasteiger partial charge in [-0.25, -0.2) is 0 Å². The molecule has 1 nitrogen and oxygen atoms in total. The van der Waals surface area contributed by atoms with Crippen molar-refractivity contribution < 1.29 is 0 Å². The summed E-state index contributed by atoms with van der Waals surface area (Å²) in [4.78, 5) is 0. The molecule has 1 aromatic rings. The quantitative estimate of drug-likeness (QED) is 0.763. The van der Waals surface area contributed by atoms with Crippen molar-refractivity contribution >= 4 is 0 Å². The van der Waals surface area contributed by atoms with Crippen LogP contribution in [0.15, 0.2) is 12.1 Å². The van der Waals surface area contributed by atoms with Gasteiger partial charge in [0.05, 0.1) is 0 Å². The minimum Gasteiger partial charge on any atom is -0.324 e. The molecule has 0 saturated heterocycles. The molecule has 0 unspecified atom stereocenters. The molecule has 0 aliphatic carbocycles. The maximum atomic E-state index is 6.19. The van der Waals surface area contributed by atoms with Gasteiger partial charge in [-0.1, -0.05) is 31.5 Å². The van der Waals surface area contributed by atoms with Crippen molar-refractivity contribution in [3.8, 4) is 0 Å². The summed E-state index contributed by atoms with van der Waals surface area (Å²) in [7, 11) is 0. The number of hydrogen-bond donors (Lipinski definition) is 1. The average molecular weight is 191 g/mol. The highest BCUT2D eigenvalue weighted by molar-refractivity contribution is 5.39. The van der Waals surface area contributed by atoms with E-state index in [9.17, 15) is 0 Å². The fraction of sp³-hybridized carbons (Fsp3) is 0.538. The van der Waals surface area contributed by atoms with Gasteiger partial charge >= 0.3 is 0 Å². The van der Waals surface area contributed by atoms with E-state index in [-0.39, 0.29) is 6.04 Å². The average Bonchev–Trinajstić information content (AvgIpc) is 2.01. The van der Waals surface area contributed by atoms with Crippen molar-refractivity contribution in [3.63, 3.8) is 0 Å². The molecule has 0 aromatic heterocycles. The lowest BCUT2D eigenvalue weighted by molar-refractivity contribution is 0.510. The van der Waals surface area contributed by atoms with E-state index in [1.165, 1.54) is 22.3 Å². The van der Waals surface area contributed by atoms with Crippen molar-refractivity contribution in [2.24, 2.45) is 11.7 Å². The molecule has 0 aliphatic rings. The van der Waals surface area contributed by atoms with Gasteiger partial charge in [0.15, 0.2) is 0 Å². The predicted molar refractivity (Wildman–Crippen MR) is 62.4 cm³/mol. The summed E-state index contributed by atoms with van der Waals surface area (Å²) < 4.78 is 0. The molecule has 1 aromatic carbocycles. The second kappa shape index (κ2) is 4.14. The number of hydrogen-bond acceptors (Lipinski definition) is 1. The molecule has 0 bridgehead atoms. The molecular formula is C13H21N. The maximum absolute atomic E-state index is 6.19. The Bertz CT molecular complexity index is 303. The third kappa shape index (κ3) is 2.16. The molecule has 0 radical (unpaired) electrons. The highest BCUT2D eigenvalue weighted by Crippen LogP contribution is 2.26. The molecule has 0 heterocycles. The van der Waals surface area contributed by atoms with Gasteiger partial charge in [-0.2, -0.15) is 0 Å². The van der Waals surface area contributed by atoms with E-state index in [4.69, 9.17) is 5.73 Å². The predicted octanol–water partition coefficient (Wildman–Crippen LogP) is 3.27. The summed E-state index contributed by atoms with van der Waals surface area (Å²) in [6.07, 6.45) is 0. The van der Waals surface area contributed by atoms with Gasteiger partial charge in [0.2, 0.25) is 0 Å². The van der Waals surface area contributed by atoms with Gasteiger partial charge in [0.25, 0.3) is 0 Å². The zero-order valence-electron chi connectivity index (χ0n) is 9.89. The topological polar surface area (TPSA) is 26.0 Å². The van der Waals surface area contributed by atoms with Gasteiger partial charge in [-0.3, -0.25) is 0 Å². The summed E-state index contributed by atoms with van der Waals surface area (Å²) in [6.45, 7) is 10.8. The Kier molecular flexibility index (Phi) is 3.33. The molecular weight excluding hydrogens is 170 g/mol. The van der Waals surface area contributed by atoms with Crippen molar-refractivity contribution in [1.29, 1.82) is 0 Å². The lowest BCUT2D eigenvalue weighted by atomic mass is 9.89. The normalized spacial score (nSPS) is 13.4. The summed E-state index contributed by atoms with van der Waals surface area (Å²) in [5.41, 5.74) is 11.5. The minimum absolute atomic E-state index is 0.163.